The molecule has 5 nitrogen and oxygen atoms in total. The van der Waals surface area contributed by atoms with Gasteiger partial charge in [0.15, 0.2) is 0 Å². The number of nitrogens with one attached hydrogen (secondary N) is 1. The number of rotatable bonds is 4. The van der Waals surface area contributed by atoms with Crippen LogP contribution in [0.25, 0.3) is 0 Å². The van der Waals surface area contributed by atoms with Gasteiger partial charge >= 0.3 is 5.97 Å². The second kappa shape index (κ2) is 5.17. The van der Waals surface area contributed by atoms with E-state index >= 15 is 0 Å². The van der Waals surface area contributed by atoms with Crippen LogP contribution in [0.15, 0.2) is 0 Å². The molecule has 0 saturated heterocycles. The van der Waals surface area contributed by atoms with Crippen LogP contribution in [0.5, 0.6) is 0 Å². The van der Waals surface area contributed by atoms with Gasteiger partial charge in [-0.15, -0.1) is 0 Å². The molecule has 2 N–H and O–H groups in total. The maximum absolute atomic E-state index is 11.8. The molecule has 1 rings (SSSR count). The Balaban J connectivity index is 2.54. The third-order valence-electron chi connectivity index (χ3n) is 3.18. The summed E-state index contributed by atoms with van der Waals surface area (Å²) in [6.07, 6.45) is 1.96. The fourth-order valence-corrected chi connectivity index (χ4v) is 2.05. The topological polar surface area (TPSA) is 90.2 Å². The van der Waals surface area contributed by atoms with Crippen molar-refractivity contribution in [2.75, 3.05) is 6.54 Å². The largest absolute Gasteiger partial charge is 0.481 e. The molecule has 0 bridgehead atoms. The fraction of sp³-hybridized carbons (Fsp3) is 0.750. The summed E-state index contributed by atoms with van der Waals surface area (Å²) < 4.78 is 0. The molecule has 2 unspecified atom stereocenters. The smallest absolute Gasteiger partial charge is 0.307 e. The lowest BCUT2D eigenvalue weighted by atomic mass is 9.93. The highest BCUT2D eigenvalue weighted by molar-refractivity contribution is 5.85. The van der Waals surface area contributed by atoms with Crippen LogP contribution in [0.1, 0.15) is 33.1 Å². The third-order valence-corrected chi connectivity index (χ3v) is 3.18. The average molecular weight is 238 g/mol. The van der Waals surface area contributed by atoms with Gasteiger partial charge in [0.1, 0.15) is 0 Å². The number of carbonyl (C=O) groups excluding carboxylic acids is 1. The lowest BCUT2D eigenvalue weighted by molar-refractivity contribution is -0.146. The minimum atomic E-state index is -0.901. The molecule has 0 aliphatic heterocycles. The minimum absolute atomic E-state index is 0.238. The summed E-state index contributed by atoms with van der Waals surface area (Å²) in [5.41, 5.74) is -0.618. The Hall–Kier alpha value is -1.57. The predicted octanol–water partition coefficient (Wildman–Crippen LogP) is 1.15. The van der Waals surface area contributed by atoms with E-state index in [1.54, 1.807) is 13.8 Å². The van der Waals surface area contributed by atoms with Gasteiger partial charge in [0, 0.05) is 6.54 Å². The molecule has 1 aliphatic rings. The Bertz CT molecular complexity index is 357. The maximum Gasteiger partial charge on any atom is 0.307 e. The first-order valence-corrected chi connectivity index (χ1v) is 5.79. The maximum atomic E-state index is 11.8. The molecule has 1 amide bonds. The normalized spacial score (nSPS) is 24.1. The van der Waals surface area contributed by atoms with Crippen LogP contribution in [0.4, 0.5) is 0 Å². The monoisotopic (exact) mass is 238 g/mol. The van der Waals surface area contributed by atoms with Gasteiger partial charge in [0.25, 0.3) is 0 Å². The van der Waals surface area contributed by atoms with E-state index in [0.29, 0.717) is 12.8 Å². The molecular weight excluding hydrogens is 220 g/mol. The number of hydrogen-bond acceptors (Lipinski definition) is 3. The number of carboxylic acid groups (broad SMARTS) is 1. The molecule has 5 heteroatoms. The van der Waals surface area contributed by atoms with Gasteiger partial charge < -0.3 is 10.4 Å². The fourth-order valence-electron chi connectivity index (χ4n) is 2.05. The second-order valence-corrected chi connectivity index (χ2v) is 5.20. The molecule has 1 aliphatic carbocycles. The molecule has 0 aromatic rings. The Morgan fingerprint density at radius 1 is 1.41 bits per heavy atom. The summed E-state index contributed by atoms with van der Waals surface area (Å²) >= 11 is 0. The van der Waals surface area contributed by atoms with Crippen molar-refractivity contribution in [1.82, 2.24) is 5.32 Å². The Morgan fingerprint density at radius 3 is 2.53 bits per heavy atom. The van der Waals surface area contributed by atoms with Crippen molar-refractivity contribution in [2.45, 2.75) is 33.1 Å². The van der Waals surface area contributed by atoms with Gasteiger partial charge in [-0.1, -0.05) is 6.42 Å². The molecule has 0 aromatic heterocycles. The molecule has 2 atom stereocenters. The highest BCUT2D eigenvalue weighted by Gasteiger charge is 2.37. The van der Waals surface area contributed by atoms with Crippen LogP contribution >= 0.6 is 0 Å². The summed E-state index contributed by atoms with van der Waals surface area (Å²) in [6.45, 7) is 3.72. The second-order valence-electron chi connectivity index (χ2n) is 5.20. The van der Waals surface area contributed by atoms with Gasteiger partial charge in [-0.25, -0.2) is 0 Å². The van der Waals surface area contributed by atoms with Crippen LogP contribution < -0.4 is 5.32 Å². The van der Waals surface area contributed by atoms with E-state index in [1.807, 2.05) is 0 Å². The number of carboxylic acids is 1. The van der Waals surface area contributed by atoms with E-state index in [4.69, 9.17) is 10.4 Å². The highest BCUT2D eigenvalue weighted by Crippen LogP contribution is 2.32. The summed E-state index contributed by atoms with van der Waals surface area (Å²) in [7, 11) is 0. The average Bonchev–Trinajstić information content (AvgIpc) is 2.75. The van der Waals surface area contributed by atoms with E-state index in [1.165, 1.54) is 0 Å². The van der Waals surface area contributed by atoms with Gasteiger partial charge in [-0.3, -0.25) is 9.59 Å². The zero-order chi connectivity index (χ0) is 13.1. The Morgan fingerprint density at radius 2 is 2.00 bits per heavy atom. The standard InChI is InChI=1S/C12H18N2O3/c1-12(2,6-13)7-14-10(15)8-4-3-5-9(8)11(16)17/h8-9H,3-5,7H2,1-2H3,(H,14,15)(H,16,17). The number of nitriles is 1. The zero-order valence-electron chi connectivity index (χ0n) is 10.2. The van der Waals surface area contributed by atoms with Gasteiger partial charge in [0.05, 0.1) is 23.3 Å². The van der Waals surface area contributed by atoms with Crippen molar-refractivity contribution >= 4 is 11.9 Å². The summed E-state index contributed by atoms with van der Waals surface area (Å²) in [5, 5.41) is 20.5. The first kappa shape index (κ1) is 13.5. The summed E-state index contributed by atoms with van der Waals surface area (Å²) in [5.74, 6) is -2.15. The Kier molecular flexibility index (Phi) is 4.11. The van der Waals surface area contributed by atoms with Crippen molar-refractivity contribution < 1.29 is 14.7 Å². The molecule has 0 spiro atoms. The lowest BCUT2D eigenvalue weighted by Gasteiger charge is -2.20. The van der Waals surface area contributed by atoms with Crippen LogP contribution in [0, 0.1) is 28.6 Å². The minimum Gasteiger partial charge on any atom is -0.481 e. The van der Waals surface area contributed by atoms with Gasteiger partial charge in [-0.2, -0.15) is 5.26 Å². The van der Waals surface area contributed by atoms with Crippen LogP contribution in [0.3, 0.4) is 0 Å². The molecule has 0 radical (unpaired) electrons. The van der Waals surface area contributed by atoms with Crippen molar-refractivity contribution in [2.24, 2.45) is 17.3 Å². The molecule has 17 heavy (non-hydrogen) atoms. The summed E-state index contributed by atoms with van der Waals surface area (Å²) in [6, 6.07) is 2.09. The first-order chi connectivity index (χ1) is 7.87. The predicted molar refractivity (Wildman–Crippen MR) is 60.9 cm³/mol. The van der Waals surface area contributed by atoms with Crippen molar-refractivity contribution in [3.05, 3.63) is 0 Å². The van der Waals surface area contributed by atoms with Crippen LogP contribution in [-0.4, -0.2) is 23.5 Å². The molecule has 94 valence electrons. The van der Waals surface area contributed by atoms with Crippen molar-refractivity contribution in [1.29, 1.82) is 5.26 Å². The van der Waals surface area contributed by atoms with Crippen molar-refractivity contribution in [3.8, 4) is 6.07 Å². The van der Waals surface area contributed by atoms with Gasteiger partial charge in [-0.05, 0) is 26.7 Å². The van der Waals surface area contributed by atoms with Crippen molar-refractivity contribution in [3.63, 3.8) is 0 Å². The zero-order valence-corrected chi connectivity index (χ0v) is 10.2. The molecular formula is C12H18N2O3. The third kappa shape index (κ3) is 3.45. The van der Waals surface area contributed by atoms with E-state index in [0.717, 1.165) is 6.42 Å². The molecule has 1 saturated carbocycles. The summed E-state index contributed by atoms with van der Waals surface area (Å²) in [4.78, 5) is 22.8. The SMILES string of the molecule is CC(C)(C#N)CNC(=O)C1CCCC1C(=O)O. The van der Waals surface area contributed by atoms with E-state index in [9.17, 15) is 9.59 Å². The number of nitrogens with zero attached hydrogens (tertiary/aromatic N) is 1. The molecule has 1 fully saturated rings. The van der Waals surface area contributed by atoms with Crippen LogP contribution in [0.2, 0.25) is 0 Å². The quantitative estimate of drug-likeness (QED) is 0.768. The van der Waals surface area contributed by atoms with Gasteiger partial charge in [0.2, 0.25) is 5.91 Å². The van der Waals surface area contributed by atoms with E-state index in [-0.39, 0.29) is 12.5 Å². The highest BCUT2D eigenvalue weighted by atomic mass is 16.4. The molecule has 0 aromatic carbocycles. The Labute approximate surface area is 101 Å². The van der Waals surface area contributed by atoms with E-state index in [2.05, 4.69) is 11.4 Å². The van der Waals surface area contributed by atoms with Crippen LogP contribution in [-0.2, 0) is 9.59 Å². The number of carbonyl (C=O) groups is 2. The number of hydrogen-bond donors (Lipinski definition) is 2. The molecule has 0 heterocycles. The first-order valence-electron chi connectivity index (χ1n) is 5.79. The number of amides is 1. The van der Waals surface area contributed by atoms with E-state index < -0.39 is 23.2 Å². The lowest BCUT2D eigenvalue weighted by Crippen LogP contribution is -2.39. The number of aliphatic carboxylic acids is 1.